The Morgan fingerprint density at radius 1 is 1.35 bits per heavy atom. The van der Waals surface area contributed by atoms with Crippen LogP contribution < -0.4 is 11.1 Å². The Bertz CT molecular complexity index is 448. The summed E-state index contributed by atoms with van der Waals surface area (Å²) in [6, 6.07) is 6.42. The summed E-state index contributed by atoms with van der Waals surface area (Å²) in [7, 11) is 1.34. The molecule has 0 unspecified atom stereocenters. The van der Waals surface area contributed by atoms with E-state index in [0.717, 1.165) is 11.3 Å². The van der Waals surface area contributed by atoms with Crippen LogP contribution >= 0.6 is 11.8 Å². The molecule has 0 heterocycles. The van der Waals surface area contributed by atoms with Gasteiger partial charge in [-0.05, 0) is 36.1 Å². The number of methoxy groups -OCH3 is 1. The van der Waals surface area contributed by atoms with E-state index in [4.69, 9.17) is 5.73 Å². The number of benzene rings is 1. The molecular formula is C14H20N2O3S. The summed E-state index contributed by atoms with van der Waals surface area (Å²) in [5.74, 6) is 0.332. The molecule has 0 aliphatic carbocycles. The lowest BCUT2D eigenvalue weighted by molar-refractivity contribution is -0.122. The van der Waals surface area contributed by atoms with Gasteiger partial charge in [-0.2, -0.15) is 11.8 Å². The summed E-state index contributed by atoms with van der Waals surface area (Å²) >= 11 is 1.66. The first-order valence-electron chi connectivity index (χ1n) is 6.28. The topological polar surface area (TPSA) is 81.4 Å². The molecule has 1 atom stereocenters. The average molecular weight is 296 g/mol. The molecule has 110 valence electrons. The fourth-order valence-electron chi connectivity index (χ4n) is 1.57. The van der Waals surface area contributed by atoms with Gasteiger partial charge in [-0.25, -0.2) is 4.79 Å². The molecule has 0 aliphatic rings. The van der Waals surface area contributed by atoms with Gasteiger partial charge in [0.1, 0.15) is 0 Å². The lowest BCUT2D eigenvalue weighted by Gasteiger charge is -2.11. The highest BCUT2D eigenvalue weighted by atomic mass is 32.2. The molecule has 1 rings (SSSR count). The molecule has 0 aromatic heterocycles. The minimum Gasteiger partial charge on any atom is -0.465 e. The maximum Gasteiger partial charge on any atom is 0.337 e. The predicted octanol–water partition coefficient (Wildman–Crippen LogP) is 1.17. The van der Waals surface area contributed by atoms with Crippen LogP contribution in [-0.4, -0.2) is 37.0 Å². The van der Waals surface area contributed by atoms with Crippen LogP contribution in [0.2, 0.25) is 0 Å². The zero-order chi connectivity index (χ0) is 15.0. The van der Waals surface area contributed by atoms with E-state index < -0.39 is 6.04 Å². The van der Waals surface area contributed by atoms with E-state index in [1.54, 1.807) is 36.0 Å². The summed E-state index contributed by atoms with van der Waals surface area (Å²) in [5.41, 5.74) is 7.15. The van der Waals surface area contributed by atoms with Crippen molar-refractivity contribution in [2.75, 3.05) is 19.1 Å². The van der Waals surface area contributed by atoms with Crippen molar-refractivity contribution < 1.29 is 14.3 Å². The Balaban J connectivity index is 2.45. The third-order valence-electron chi connectivity index (χ3n) is 2.81. The van der Waals surface area contributed by atoms with Crippen molar-refractivity contribution in [3.8, 4) is 0 Å². The summed E-state index contributed by atoms with van der Waals surface area (Å²) in [4.78, 5) is 23.0. The molecule has 0 saturated carbocycles. The molecule has 0 spiro atoms. The Kier molecular flexibility index (Phi) is 7.11. The third-order valence-corrected chi connectivity index (χ3v) is 3.46. The third kappa shape index (κ3) is 5.22. The standard InChI is InChI=1S/C14H20N2O3S/c1-19-14(18)11-5-3-10(4-6-11)9-16-13(17)12(15)7-8-20-2/h3-6,12H,7-9,15H2,1-2H3,(H,16,17)/t12-/m1/s1. The number of amides is 1. The van der Waals surface area contributed by atoms with Crippen LogP contribution in [0, 0.1) is 0 Å². The van der Waals surface area contributed by atoms with Gasteiger partial charge in [0, 0.05) is 6.54 Å². The van der Waals surface area contributed by atoms with Crippen molar-refractivity contribution in [3.63, 3.8) is 0 Å². The number of esters is 1. The van der Waals surface area contributed by atoms with Gasteiger partial charge in [-0.1, -0.05) is 12.1 Å². The first-order valence-corrected chi connectivity index (χ1v) is 7.67. The first-order chi connectivity index (χ1) is 9.58. The number of carbonyl (C=O) groups is 2. The normalized spacial score (nSPS) is 11.8. The summed E-state index contributed by atoms with van der Waals surface area (Å²) in [5, 5.41) is 2.78. The van der Waals surface area contributed by atoms with Gasteiger partial charge in [0.2, 0.25) is 5.91 Å². The molecule has 3 N–H and O–H groups in total. The van der Waals surface area contributed by atoms with E-state index in [-0.39, 0.29) is 11.9 Å². The van der Waals surface area contributed by atoms with Crippen LogP contribution in [0.5, 0.6) is 0 Å². The second-order valence-electron chi connectivity index (χ2n) is 4.29. The quantitative estimate of drug-likeness (QED) is 0.738. The second-order valence-corrected chi connectivity index (χ2v) is 5.28. The van der Waals surface area contributed by atoms with E-state index >= 15 is 0 Å². The number of ether oxygens (including phenoxy) is 1. The Morgan fingerprint density at radius 3 is 2.55 bits per heavy atom. The summed E-state index contributed by atoms with van der Waals surface area (Å²) in [6.07, 6.45) is 2.64. The lowest BCUT2D eigenvalue weighted by atomic mass is 10.1. The van der Waals surface area contributed by atoms with Crippen LogP contribution in [-0.2, 0) is 16.1 Å². The fraction of sp³-hybridized carbons (Fsp3) is 0.429. The SMILES string of the molecule is COC(=O)c1ccc(CNC(=O)[C@H](N)CCSC)cc1. The number of thioether (sulfide) groups is 1. The molecule has 0 saturated heterocycles. The van der Waals surface area contributed by atoms with Crippen molar-refractivity contribution in [3.05, 3.63) is 35.4 Å². The Hall–Kier alpha value is -1.53. The van der Waals surface area contributed by atoms with Gasteiger partial charge in [-0.15, -0.1) is 0 Å². The molecule has 6 heteroatoms. The van der Waals surface area contributed by atoms with Gasteiger partial charge in [-0.3, -0.25) is 4.79 Å². The van der Waals surface area contributed by atoms with Crippen molar-refractivity contribution >= 4 is 23.6 Å². The molecule has 0 fully saturated rings. The number of carbonyl (C=O) groups excluding carboxylic acids is 2. The number of hydrogen-bond acceptors (Lipinski definition) is 5. The maximum absolute atomic E-state index is 11.7. The molecule has 0 bridgehead atoms. The molecule has 1 aromatic rings. The van der Waals surface area contributed by atoms with Crippen LogP contribution in [0.4, 0.5) is 0 Å². The average Bonchev–Trinajstić information content (AvgIpc) is 2.49. The van der Waals surface area contributed by atoms with Crippen LogP contribution in [0.25, 0.3) is 0 Å². The summed E-state index contributed by atoms with van der Waals surface area (Å²) in [6.45, 7) is 0.396. The highest BCUT2D eigenvalue weighted by Crippen LogP contribution is 2.06. The molecular weight excluding hydrogens is 276 g/mol. The van der Waals surface area contributed by atoms with Crippen molar-refractivity contribution in [2.45, 2.75) is 19.0 Å². The molecule has 5 nitrogen and oxygen atoms in total. The van der Waals surface area contributed by atoms with Crippen molar-refractivity contribution in [1.82, 2.24) is 5.32 Å². The first kappa shape index (κ1) is 16.5. The summed E-state index contributed by atoms with van der Waals surface area (Å²) < 4.78 is 4.62. The van der Waals surface area contributed by atoms with Crippen LogP contribution in [0.15, 0.2) is 24.3 Å². The largest absolute Gasteiger partial charge is 0.465 e. The monoisotopic (exact) mass is 296 g/mol. The van der Waals surface area contributed by atoms with E-state index in [1.807, 2.05) is 6.26 Å². The highest BCUT2D eigenvalue weighted by Gasteiger charge is 2.12. The predicted molar refractivity (Wildman–Crippen MR) is 80.6 cm³/mol. The smallest absolute Gasteiger partial charge is 0.337 e. The van der Waals surface area contributed by atoms with E-state index in [0.29, 0.717) is 18.5 Å². The lowest BCUT2D eigenvalue weighted by Crippen LogP contribution is -2.40. The Labute approximate surface area is 123 Å². The number of nitrogens with two attached hydrogens (primary N) is 1. The van der Waals surface area contributed by atoms with Gasteiger partial charge in [0.05, 0.1) is 18.7 Å². The Morgan fingerprint density at radius 2 is 2.00 bits per heavy atom. The molecule has 0 radical (unpaired) electrons. The molecule has 0 aliphatic heterocycles. The van der Waals surface area contributed by atoms with Gasteiger partial charge in [0.15, 0.2) is 0 Å². The van der Waals surface area contributed by atoms with E-state index in [2.05, 4.69) is 10.1 Å². The van der Waals surface area contributed by atoms with E-state index in [1.165, 1.54) is 7.11 Å². The number of nitrogens with one attached hydrogen (secondary N) is 1. The van der Waals surface area contributed by atoms with Crippen molar-refractivity contribution in [2.24, 2.45) is 5.73 Å². The maximum atomic E-state index is 11.7. The zero-order valence-corrected chi connectivity index (χ0v) is 12.5. The molecule has 20 heavy (non-hydrogen) atoms. The minimum absolute atomic E-state index is 0.156. The van der Waals surface area contributed by atoms with E-state index in [9.17, 15) is 9.59 Å². The van der Waals surface area contributed by atoms with Crippen LogP contribution in [0.3, 0.4) is 0 Å². The zero-order valence-electron chi connectivity index (χ0n) is 11.7. The molecule has 1 amide bonds. The van der Waals surface area contributed by atoms with Gasteiger partial charge >= 0.3 is 5.97 Å². The second kappa shape index (κ2) is 8.60. The highest BCUT2D eigenvalue weighted by molar-refractivity contribution is 7.98. The number of rotatable bonds is 7. The number of hydrogen-bond donors (Lipinski definition) is 2. The van der Waals surface area contributed by atoms with Gasteiger partial charge < -0.3 is 15.8 Å². The van der Waals surface area contributed by atoms with Gasteiger partial charge in [0.25, 0.3) is 0 Å². The fourth-order valence-corrected chi connectivity index (χ4v) is 2.06. The minimum atomic E-state index is -0.475. The van der Waals surface area contributed by atoms with Crippen molar-refractivity contribution in [1.29, 1.82) is 0 Å². The van der Waals surface area contributed by atoms with Crippen LogP contribution in [0.1, 0.15) is 22.3 Å². The molecule has 1 aromatic carbocycles.